The van der Waals surface area contributed by atoms with Crippen molar-refractivity contribution in [3.8, 4) is 0 Å². The third-order valence-corrected chi connectivity index (χ3v) is 3.78. The summed E-state index contributed by atoms with van der Waals surface area (Å²) in [6.45, 7) is 12.6. The number of nitrogens with zero attached hydrogens (tertiary/aromatic N) is 1. The van der Waals surface area contributed by atoms with Crippen LogP contribution < -0.4 is 16.0 Å². The molecule has 7 nitrogen and oxygen atoms in total. The fourth-order valence-corrected chi connectivity index (χ4v) is 2.26. The summed E-state index contributed by atoms with van der Waals surface area (Å²) < 4.78 is 11.0. The van der Waals surface area contributed by atoms with Crippen LogP contribution in [0.3, 0.4) is 0 Å². The number of aliphatic imine (C=N–C) groups is 1. The van der Waals surface area contributed by atoms with Crippen LogP contribution in [0.1, 0.15) is 40.5 Å². The molecule has 1 heterocycles. The van der Waals surface area contributed by atoms with Crippen LogP contribution >= 0.6 is 0 Å². The van der Waals surface area contributed by atoms with Crippen LogP contribution in [0.5, 0.6) is 0 Å². The number of hydrogen-bond acceptors (Lipinski definition) is 4. The van der Waals surface area contributed by atoms with Crippen molar-refractivity contribution >= 4 is 11.9 Å². The number of rotatable bonds is 10. The highest BCUT2D eigenvalue weighted by atomic mass is 16.5. The van der Waals surface area contributed by atoms with Crippen LogP contribution in [0.15, 0.2) is 4.99 Å². The van der Waals surface area contributed by atoms with Crippen molar-refractivity contribution in [2.45, 2.75) is 46.6 Å². The van der Waals surface area contributed by atoms with E-state index in [9.17, 15) is 4.79 Å². The summed E-state index contributed by atoms with van der Waals surface area (Å²) in [6, 6.07) is 0. The van der Waals surface area contributed by atoms with E-state index in [4.69, 9.17) is 9.47 Å². The summed E-state index contributed by atoms with van der Waals surface area (Å²) in [6.07, 6.45) is 2.15. The monoisotopic (exact) mass is 342 g/mol. The van der Waals surface area contributed by atoms with Gasteiger partial charge in [-0.05, 0) is 40.5 Å². The van der Waals surface area contributed by atoms with Gasteiger partial charge in [0, 0.05) is 32.8 Å². The van der Waals surface area contributed by atoms with Crippen LogP contribution in [0, 0.1) is 5.41 Å². The van der Waals surface area contributed by atoms with E-state index in [1.165, 1.54) is 0 Å². The molecule has 3 N–H and O–H groups in total. The number of amides is 1. The molecule has 1 atom stereocenters. The maximum absolute atomic E-state index is 12.0. The molecule has 7 heteroatoms. The smallest absolute Gasteiger partial charge is 0.227 e. The minimum Gasteiger partial charge on any atom is -0.379 e. The Morgan fingerprint density at radius 1 is 1.25 bits per heavy atom. The Bertz CT molecular complexity index is 393. The van der Waals surface area contributed by atoms with Gasteiger partial charge in [-0.15, -0.1) is 0 Å². The van der Waals surface area contributed by atoms with E-state index in [1.807, 2.05) is 27.7 Å². The number of hydrogen-bond donors (Lipinski definition) is 3. The lowest BCUT2D eigenvalue weighted by Crippen LogP contribution is -2.42. The summed E-state index contributed by atoms with van der Waals surface area (Å²) in [5.41, 5.74) is -0.524. The molecule has 24 heavy (non-hydrogen) atoms. The lowest BCUT2D eigenvalue weighted by molar-refractivity contribution is -0.128. The van der Waals surface area contributed by atoms with Crippen molar-refractivity contribution in [1.82, 2.24) is 16.0 Å². The van der Waals surface area contributed by atoms with E-state index in [0.29, 0.717) is 26.3 Å². The van der Waals surface area contributed by atoms with Gasteiger partial charge in [0.05, 0.1) is 24.7 Å². The SMILES string of the molecule is CCNC(=O)C(C)(C)CN=C(NCC)NCCCOC1CCOC1. The normalized spacial score (nSPS) is 18.5. The molecule has 0 aromatic rings. The van der Waals surface area contributed by atoms with E-state index in [1.54, 1.807) is 0 Å². The first-order chi connectivity index (χ1) is 11.5. The molecule has 1 saturated heterocycles. The van der Waals surface area contributed by atoms with Crippen LogP contribution in [0.25, 0.3) is 0 Å². The fraction of sp³-hybridized carbons (Fsp3) is 0.882. The molecular formula is C17H34N4O3. The van der Waals surface area contributed by atoms with Gasteiger partial charge in [0.15, 0.2) is 5.96 Å². The first-order valence-electron chi connectivity index (χ1n) is 8.99. The standard InChI is InChI=1S/C17H34N4O3/c1-5-18-15(22)17(3,4)13-21-16(19-6-2)20-9-7-10-24-14-8-11-23-12-14/h14H,5-13H2,1-4H3,(H,18,22)(H2,19,20,21). The number of guanidine groups is 1. The Labute approximate surface area is 146 Å². The number of nitrogens with one attached hydrogen (secondary N) is 3. The summed E-state index contributed by atoms with van der Waals surface area (Å²) in [5.74, 6) is 0.760. The topological polar surface area (TPSA) is 84.0 Å². The van der Waals surface area contributed by atoms with Crippen LogP contribution in [0.4, 0.5) is 0 Å². The molecule has 0 aromatic carbocycles. The van der Waals surface area contributed by atoms with Gasteiger partial charge < -0.3 is 25.4 Å². The van der Waals surface area contributed by atoms with E-state index in [-0.39, 0.29) is 12.0 Å². The van der Waals surface area contributed by atoms with Gasteiger partial charge in [-0.2, -0.15) is 0 Å². The highest BCUT2D eigenvalue weighted by Crippen LogP contribution is 2.15. The average molecular weight is 342 g/mol. The van der Waals surface area contributed by atoms with Crippen molar-refractivity contribution in [2.75, 3.05) is 46.0 Å². The minimum absolute atomic E-state index is 0.0248. The second-order valence-corrected chi connectivity index (χ2v) is 6.58. The lowest BCUT2D eigenvalue weighted by atomic mass is 9.92. The number of ether oxygens (including phenoxy) is 2. The van der Waals surface area contributed by atoms with Crippen molar-refractivity contribution in [1.29, 1.82) is 0 Å². The summed E-state index contributed by atoms with van der Waals surface area (Å²) >= 11 is 0. The number of carbonyl (C=O) groups excluding carboxylic acids is 1. The van der Waals surface area contributed by atoms with E-state index >= 15 is 0 Å². The van der Waals surface area contributed by atoms with Crippen LogP contribution in [0.2, 0.25) is 0 Å². The van der Waals surface area contributed by atoms with Crippen LogP contribution in [-0.2, 0) is 14.3 Å². The molecule has 1 aliphatic rings. The van der Waals surface area contributed by atoms with Crippen molar-refractivity contribution < 1.29 is 14.3 Å². The highest BCUT2D eigenvalue weighted by Gasteiger charge is 2.26. The molecule has 0 bridgehead atoms. The predicted molar refractivity (Wildman–Crippen MR) is 96.2 cm³/mol. The van der Waals surface area contributed by atoms with E-state index in [0.717, 1.165) is 38.5 Å². The van der Waals surface area contributed by atoms with Gasteiger partial charge in [0.2, 0.25) is 5.91 Å². The molecule has 1 rings (SSSR count). The second-order valence-electron chi connectivity index (χ2n) is 6.58. The van der Waals surface area contributed by atoms with E-state index in [2.05, 4.69) is 20.9 Å². The van der Waals surface area contributed by atoms with Gasteiger partial charge in [-0.25, -0.2) is 0 Å². The molecule has 1 aliphatic heterocycles. The van der Waals surface area contributed by atoms with E-state index < -0.39 is 5.41 Å². The zero-order valence-electron chi connectivity index (χ0n) is 15.6. The zero-order valence-corrected chi connectivity index (χ0v) is 15.6. The Balaban J connectivity index is 2.31. The first-order valence-corrected chi connectivity index (χ1v) is 8.99. The van der Waals surface area contributed by atoms with Crippen molar-refractivity contribution in [3.63, 3.8) is 0 Å². The lowest BCUT2D eigenvalue weighted by Gasteiger charge is -2.22. The van der Waals surface area contributed by atoms with Gasteiger partial charge >= 0.3 is 0 Å². The zero-order chi connectivity index (χ0) is 17.8. The van der Waals surface area contributed by atoms with Crippen LogP contribution in [-0.4, -0.2) is 64.0 Å². The fourth-order valence-electron chi connectivity index (χ4n) is 2.26. The Morgan fingerprint density at radius 3 is 2.62 bits per heavy atom. The molecule has 0 aromatic heterocycles. The summed E-state index contributed by atoms with van der Waals surface area (Å²) in [4.78, 5) is 16.5. The highest BCUT2D eigenvalue weighted by molar-refractivity contribution is 5.83. The Morgan fingerprint density at radius 2 is 2.00 bits per heavy atom. The quantitative estimate of drug-likeness (QED) is 0.312. The van der Waals surface area contributed by atoms with Gasteiger partial charge in [-0.3, -0.25) is 9.79 Å². The summed E-state index contributed by atoms with van der Waals surface area (Å²) in [7, 11) is 0. The summed E-state index contributed by atoms with van der Waals surface area (Å²) in [5, 5.41) is 9.34. The first kappa shape index (κ1) is 20.7. The molecule has 0 aliphatic carbocycles. The minimum atomic E-state index is -0.524. The third-order valence-electron chi connectivity index (χ3n) is 3.78. The Hall–Kier alpha value is -1.34. The third kappa shape index (κ3) is 7.97. The molecule has 0 radical (unpaired) electrons. The molecule has 0 saturated carbocycles. The van der Waals surface area contributed by atoms with Gasteiger partial charge in [0.25, 0.3) is 0 Å². The molecule has 0 spiro atoms. The second kappa shape index (κ2) is 11.3. The molecular weight excluding hydrogens is 308 g/mol. The van der Waals surface area contributed by atoms with Crippen molar-refractivity contribution in [2.24, 2.45) is 10.4 Å². The molecule has 1 amide bonds. The van der Waals surface area contributed by atoms with Crippen molar-refractivity contribution in [3.05, 3.63) is 0 Å². The van der Waals surface area contributed by atoms with Gasteiger partial charge in [0.1, 0.15) is 0 Å². The molecule has 1 fully saturated rings. The maximum atomic E-state index is 12.0. The number of carbonyl (C=O) groups is 1. The molecule has 140 valence electrons. The predicted octanol–water partition coefficient (Wildman–Crippen LogP) is 0.899. The van der Waals surface area contributed by atoms with Gasteiger partial charge in [-0.1, -0.05) is 0 Å². The molecule has 1 unspecified atom stereocenters. The average Bonchev–Trinajstić information content (AvgIpc) is 3.05. The largest absolute Gasteiger partial charge is 0.379 e. The Kier molecular flexibility index (Phi) is 9.71. The maximum Gasteiger partial charge on any atom is 0.227 e.